The molecule has 0 heterocycles. The molecule has 148 valence electrons. The standard InChI is InChI=1S/C24H25N3O2/c1-19(28)25-23(21-13-7-3-8-14-21)17-24(29)26-27(22-15-9-4-10-16-22)18-20-11-5-2-6-12-20/h2-16,23H,17-18H2,1H3,(H,25,28)(H,26,29). The molecule has 0 saturated carbocycles. The van der Waals surface area contributed by atoms with Gasteiger partial charge < -0.3 is 5.32 Å². The van der Waals surface area contributed by atoms with Crippen LogP contribution < -0.4 is 15.8 Å². The lowest BCUT2D eigenvalue weighted by Gasteiger charge is -2.27. The van der Waals surface area contributed by atoms with Gasteiger partial charge in [-0.15, -0.1) is 0 Å². The second kappa shape index (κ2) is 10.1. The summed E-state index contributed by atoms with van der Waals surface area (Å²) < 4.78 is 0. The predicted octanol–water partition coefficient (Wildman–Crippen LogP) is 3.99. The van der Waals surface area contributed by atoms with Crippen LogP contribution in [0.3, 0.4) is 0 Å². The van der Waals surface area contributed by atoms with Crippen LogP contribution in [0.25, 0.3) is 0 Å². The summed E-state index contributed by atoms with van der Waals surface area (Å²) >= 11 is 0. The maximum Gasteiger partial charge on any atom is 0.240 e. The van der Waals surface area contributed by atoms with Crippen molar-refractivity contribution in [2.24, 2.45) is 0 Å². The molecule has 0 aliphatic carbocycles. The molecule has 3 aromatic rings. The zero-order valence-electron chi connectivity index (χ0n) is 16.4. The molecular formula is C24H25N3O2. The van der Waals surface area contributed by atoms with Crippen molar-refractivity contribution in [1.29, 1.82) is 0 Å². The van der Waals surface area contributed by atoms with Crippen molar-refractivity contribution in [2.45, 2.75) is 25.9 Å². The first-order chi connectivity index (χ1) is 14.1. The molecule has 2 N–H and O–H groups in total. The average Bonchev–Trinajstić information content (AvgIpc) is 2.74. The Morgan fingerprint density at radius 1 is 0.828 bits per heavy atom. The van der Waals surface area contributed by atoms with Crippen LogP contribution in [0.2, 0.25) is 0 Å². The van der Waals surface area contributed by atoms with E-state index in [1.54, 1.807) is 0 Å². The van der Waals surface area contributed by atoms with E-state index in [1.165, 1.54) is 6.92 Å². The lowest BCUT2D eigenvalue weighted by molar-refractivity contribution is -0.123. The monoisotopic (exact) mass is 387 g/mol. The minimum absolute atomic E-state index is 0.141. The van der Waals surface area contributed by atoms with Gasteiger partial charge in [-0.25, -0.2) is 0 Å². The lowest BCUT2D eigenvalue weighted by Crippen LogP contribution is -2.43. The summed E-state index contributed by atoms with van der Waals surface area (Å²) in [6.45, 7) is 1.99. The Kier molecular flexibility index (Phi) is 7.00. The number of amides is 2. The molecule has 0 aliphatic heterocycles. The molecule has 3 rings (SSSR count). The fourth-order valence-corrected chi connectivity index (χ4v) is 3.13. The zero-order valence-corrected chi connectivity index (χ0v) is 16.4. The van der Waals surface area contributed by atoms with Gasteiger partial charge in [-0.2, -0.15) is 0 Å². The molecule has 5 nitrogen and oxygen atoms in total. The summed E-state index contributed by atoms with van der Waals surface area (Å²) in [5.74, 6) is -0.344. The Labute approximate surface area is 171 Å². The molecule has 1 unspecified atom stereocenters. The van der Waals surface area contributed by atoms with Gasteiger partial charge in [0.25, 0.3) is 0 Å². The second-order valence-electron chi connectivity index (χ2n) is 6.81. The first-order valence-corrected chi connectivity index (χ1v) is 9.60. The van der Waals surface area contributed by atoms with Gasteiger partial charge in [0.15, 0.2) is 0 Å². The van der Waals surface area contributed by atoms with Gasteiger partial charge in [0.2, 0.25) is 11.8 Å². The summed E-state index contributed by atoms with van der Waals surface area (Å²) in [5.41, 5.74) is 5.86. The third-order valence-corrected chi connectivity index (χ3v) is 4.48. The molecule has 0 radical (unpaired) electrons. The number of rotatable bonds is 8. The van der Waals surface area contributed by atoms with E-state index < -0.39 is 0 Å². The fraction of sp³-hybridized carbons (Fsp3) is 0.167. The molecule has 0 saturated heterocycles. The number of nitrogens with zero attached hydrogens (tertiary/aromatic N) is 1. The molecule has 0 aliphatic rings. The van der Waals surface area contributed by atoms with Crippen molar-refractivity contribution < 1.29 is 9.59 Å². The van der Waals surface area contributed by atoms with Gasteiger partial charge in [-0.05, 0) is 23.3 Å². The molecule has 1 atom stereocenters. The number of benzene rings is 3. The maximum atomic E-state index is 12.9. The third kappa shape index (κ3) is 6.21. The normalized spacial score (nSPS) is 11.3. The number of hydrogen-bond donors (Lipinski definition) is 2. The van der Waals surface area contributed by atoms with Gasteiger partial charge in [-0.1, -0.05) is 78.9 Å². The van der Waals surface area contributed by atoms with E-state index in [0.29, 0.717) is 6.54 Å². The maximum absolute atomic E-state index is 12.9. The second-order valence-corrected chi connectivity index (χ2v) is 6.81. The molecule has 2 amide bonds. The molecule has 0 aromatic heterocycles. The summed E-state index contributed by atoms with van der Waals surface area (Å²) in [4.78, 5) is 24.5. The van der Waals surface area contributed by atoms with Crippen LogP contribution in [0.1, 0.15) is 30.5 Å². The highest BCUT2D eigenvalue weighted by atomic mass is 16.2. The van der Waals surface area contributed by atoms with Crippen LogP contribution in [0.5, 0.6) is 0 Å². The lowest BCUT2D eigenvalue weighted by atomic mass is 10.0. The summed E-state index contributed by atoms with van der Waals surface area (Å²) in [5, 5.41) is 4.70. The predicted molar refractivity (Wildman–Crippen MR) is 115 cm³/mol. The van der Waals surface area contributed by atoms with Crippen LogP contribution in [-0.2, 0) is 16.1 Å². The van der Waals surface area contributed by atoms with E-state index in [-0.39, 0.29) is 24.3 Å². The van der Waals surface area contributed by atoms with Crippen LogP contribution in [0.4, 0.5) is 5.69 Å². The van der Waals surface area contributed by atoms with E-state index in [4.69, 9.17) is 0 Å². The van der Waals surface area contributed by atoms with Gasteiger partial charge in [0.05, 0.1) is 24.7 Å². The molecule has 0 bridgehead atoms. The molecule has 3 aromatic carbocycles. The van der Waals surface area contributed by atoms with E-state index in [0.717, 1.165) is 16.8 Å². The number of hydrogen-bond acceptors (Lipinski definition) is 3. The topological polar surface area (TPSA) is 61.4 Å². The minimum atomic E-state index is -0.386. The average molecular weight is 387 g/mol. The SMILES string of the molecule is CC(=O)NC(CC(=O)NN(Cc1ccccc1)c1ccccc1)c1ccccc1. The van der Waals surface area contributed by atoms with Gasteiger partial charge in [-0.3, -0.25) is 20.0 Å². The van der Waals surface area contributed by atoms with Gasteiger partial charge in [0.1, 0.15) is 0 Å². The number of hydrazine groups is 1. The Morgan fingerprint density at radius 3 is 1.97 bits per heavy atom. The highest BCUT2D eigenvalue weighted by Gasteiger charge is 2.19. The quantitative estimate of drug-likeness (QED) is 0.575. The first kappa shape index (κ1) is 20.1. The highest BCUT2D eigenvalue weighted by Crippen LogP contribution is 2.18. The van der Waals surface area contributed by atoms with E-state index in [9.17, 15) is 9.59 Å². The summed E-state index contributed by atoms with van der Waals surface area (Å²) in [6.07, 6.45) is 0.141. The Hall–Kier alpha value is -3.60. The van der Waals surface area contributed by atoms with Crippen LogP contribution in [-0.4, -0.2) is 11.8 Å². The number of para-hydroxylation sites is 1. The van der Waals surface area contributed by atoms with E-state index in [2.05, 4.69) is 10.7 Å². The Bertz CT molecular complexity index is 915. The molecule has 29 heavy (non-hydrogen) atoms. The smallest absolute Gasteiger partial charge is 0.240 e. The van der Waals surface area contributed by atoms with Gasteiger partial charge in [0, 0.05) is 6.92 Å². The van der Waals surface area contributed by atoms with Crippen molar-refractivity contribution in [3.63, 3.8) is 0 Å². The van der Waals surface area contributed by atoms with E-state index >= 15 is 0 Å². The summed E-state index contributed by atoms with van der Waals surface area (Å²) in [7, 11) is 0. The number of nitrogens with one attached hydrogen (secondary N) is 2. The van der Waals surface area contributed by atoms with Crippen molar-refractivity contribution >= 4 is 17.5 Å². The Morgan fingerprint density at radius 2 is 1.38 bits per heavy atom. The van der Waals surface area contributed by atoms with Crippen molar-refractivity contribution in [3.05, 3.63) is 102 Å². The molecule has 0 spiro atoms. The number of carbonyl (C=O) groups excluding carboxylic acids is 2. The zero-order chi connectivity index (χ0) is 20.5. The number of carbonyl (C=O) groups is 2. The molecule has 0 fully saturated rings. The number of anilines is 1. The molecule has 5 heteroatoms. The molecular weight excluding hydrogens is 362 g/mol. The third-order valence-electron chi connectivity index (χ3n) is 4.48. The van der Waals surface area contributed by atoms with E-state index in [1.807, 2.05) is 96.0 Å². The first-order valence-electron chi connectivity index (χ1n) is 9.60. The minimum Gasteiger partial charge on any atom is -0.349 e. The fourth-order valence-electron chi connectivity index (χ4n) is 3.13. The van der Waals surface area contributed by atoms with Crippen molar-refractivity contribution in [2.75, 3.05) is 5.01 Å². The summed E-state index contributed by atoms with van der Waals surface area (Å²) in [6, 6.07) is 28.8. The van der Waals surface area contributed by atoms with Crippen molar-refractivity contribution in [3.8, 4) is 0 Å². The van der Waals surface area contributed by atoms with Crippen LogP contribution in [0.15, 0.2) is 91.0 Å². The Balaban J connectivity index is 1.75. The van der Waals surface area contributed by atoms with Gasteiger partial charge >= 0.3 is 0 Å². The van der Waals surface area contributed by atoms with Crippen LogP contribution >= 0.6 is 0 Å². The largest absolute Gasteiger partial charge is 0.349 e. The highest BCUT2D eigenvalue weighted by molar-refractivity contribution is 5.80. The van der Waals surface area contributed by atoms with Crippen molar-refractivity contribution in [1.82, 2.24) is 10.7 Å². The van der Waals surface area contributed by atoms with Crippen LogP contribution in [0, 0.1) is 0 Å².